The van der Waals surface area contributed by atoms with Gasteiger partial charge in [-0.25, -0.2) is 8.78 Å². The number of nitriles is 1. The Hall–Kier alpha value is -3.51. The summed E-state index contributed by atoms with van der Waals surface area (Å²) >= 11 is 0. The number of carbonyl (C=O) groups excluding carboxylic acids is 2. The van der Waals surface area contributed by atoms with Crippen LogP contribution in [-0.4, -0.2) is 41.8 Å². The maximum Gasteiger partial charge on any atom is 0.301 e. The van der Waals surface area contributed by atoms with E-state index in [0.717, 1.165) is 28.9 Å². The number of piperidine rings is 1. The van der Waals surface area contributed by atoms with E-state index in [2.05, 4.69) is 5.32 Å². The molecule has 9 heteroatoms. The molecule has 1 saturated heterocycles. The number of carbonyl (C=O) groups is 2. The number of hydrogen-bond donors (Lipinski definition) is 2. The molecule has 1 aliphatic carbocycles. The van der Waals surface area contributed by atoms with E-state index in [-0.39, 0.29) is 37.1 Å². The Labute approximate surface area is 196 Å². The zero-order valence-electron chi connectivity index (χ0n) is 18.6. The fourth-order valence-corrected chi connectivity index (χ4v) is 4.01. The predicted molar refractivity (Wildman–Crippen MR) is 122 cm³/mol. The first-order valence-electron chi connectivity index (χ1n) is 11.2. The van der Waals surface area contributed by atoms with Gasteiger partial charge in [0.25, 0.3) is 0 Å². The summed E-state index contributed by atoms with van der Waals surface area (Å²) in [4.78, 5) is 24.9. The number of halogens is 2. The molecule has 3 N–H and O–H groups in total. The van der Waals surface area contributed by atoms with Crippen LogP contribution in [0.25, 0.3) is 11.1 Å². The van der Waals surface area contributed by atoms with Crippen LogP contribution in [0.5, 0.6) is 5.75 Å². The molecule has 2 amide bonds. The summed E-state index contributed by atoms with van der Waals surface area (Å²) in [5.74, 6) is -3.49. The van der Waals surface area contributed by atoms with Gasteiger partial charge in [0.2, 0.25) is 11.8 Å². The van der Waals surface area contributed by atoms with Crippen molar-refractivity contribution < 1.29 is 23.1 Å². The lowest BCUT2D eigenvalue weighted by Crippen LogP contribution is -2.55. The van der Waals surface area contributed by atoms with Crippen LogP contribution < -0.4 is 15.8 Å². The average molecular weight is 469 g/mol. The fraction of sp³-hybridized carbons (Fsp3) is 0.400. The molecule has 0 bridgehead atoms. The summed E-state index contributed by atoms with van der Waals surface area (Å²) in [5.41, 5.74) is 8.83. The highest BCUT2D eigenvalue weighted by Gasteiger charge is 2.47. The Morgan fingerprint density at radius 2 is 1.94 bits per heavy atom. The van der Waals surface area contributed by atoms with Crippen LogP contribution in [0.1, 0.15) is 31.2 Å². The Balaban J connectivity index is 1.48. The number of nitrogens with one attached hydrogen (secondary N) is 1. The molecule has 0 spiro atoms. The maximum absolute atomic E-state index is 14.7. The topological polar surface area (TPSA) is 108 Å². The van der Waals surface area contributed by atoms with Crippen molar-refractivity contribution in [3.05, 3.63) is 48.0 Å². The van der Waals surface area contributed by atoms with E-state index in [0.29, 0.717) is 11.3 Å². The number of rotatable bonds is 7. The van der Waals surface area contributed by atoms with E-state index in [1.54, 1.807) is 24.3 Å². The van der Waals surface area contributed by atoms with Gasteiger partial charge in [0.1, 0.15) is 12.2 Å². The largest absolute Gasteiger partial charge is 0.484 e. The SMILES string of the molecule is N#CCC(=O)N1CC[C@H](Oc2ccc(-c3cccc(NC(=O)C4CC4)c3)cc2CN)C(F)(F)C1. The summed E-state index contributed by atoms with van der Waals surface area (Å²) in [7, 11) is 0. The summed E-state index contributed by atoms with van der Waals surface area (Å²) in [6, 6.07) is 14.3. The summed E-state index contributed by atoms with van der Waals surface area (Å²) in [5, 5.41) is 11.6. The molecule has 0 unspecified atom stereocenters. The van der Waals surface area contributed by atoms with Gasteiger partial charge in [0.05, 0.1) is 12.6 Å². The molecule has 1 aliphatic heterocycles. The van der Waals surface area contributed by atoms with E-state index >= 15 is 0 Å². The molecule has 1 atom stereocenters. The zero-order chi connectivity index (χ0) is 24.3. The first-order chi connectivity index (χ1) is 16.3. The lowest BCUT2D eigenvalue weighted by molar-refractivity contribution is -0.159. The lowest BCUT2D eigenvalue weighted by atomic mass is 10.0. The normalized spacial score (nSPS) is 19.2. The summed E-state index contributed by atoms with van der Waals surface area (Å²) in [6.07, 6.45) is -0.0528. The molecular formula is C25H26F2N4O3. The van der Waals surface area contributed by atoms with Gasteiger partial charge in [-0.2, -0.15) is 5.26 Å². The fourth-order valence-electron chi connectivity index (χ4n) is 4.01. The second kappa shape index (κ2) is 9.77. The van der Waals surface area contributed by atoms with Gasteiger partial charge in [0.15, 0.2) is 6.10 Å². The van der Waals surface area contributed by atoms with Crippen molar-refractivity contribution >= 4 is 17.5 Å². The third-order valence-electron chi connectivity index (χ3n) is 6.08. The Bertz CT molecular complexity index is 1130. The number of hydrogen-bond acceptors (Lipinski definition) is 5. The van der Waals surface area contributed by atoms with Crippen molar-refractivity contribution in [3.63, 3.8) is 0 Å². The average Bonchev–Trinajstić information content (AvgIpc) is 3.66. The van der Waals surface area contributed by atoms with Crippen LogP contribution in [-0.2, 0) is 16.1 Å². The van der Waals surface area contributed by atoms with Crippen LogP contribution >= 0.6 is 0 Å². The highest BCUT2D eigenvalue weighted by Crippen LogP contribution is 2.35. The molecule has 2 aromatic carbocycles. The van der Waals surface area contributed by atoms with Crippen molar-refractivity contribution in [2.45, 2.75) is 44.3 Å². The number of anilines is 1. The third kappa shape index (κ3) is 5.34. The number of nitrogens with zero attached hydrogens (tertiary/aromatic N) is 2. The van der Waals surface area contributed by atoms with Gasteiger partial charge in [-0.3, -0.25) is 9.59 Å². The highest BCUT2D eigenvalue weighted by atomic mass is 19.3. The Morgan fingerprint density at radius 3 is 2.62 bits per heavy atom. The molecule has 4 rings (SSSR count). The van der Waals surface area contributed by atoms with Gasteiger partial charge in [-0.1, -0.05) is 18.2 Å². The molecule has 178 valence electrons. The molecule has 0 radical (unpaired) electrons. The van der Waals surface area contributed by atoms with Gasteiger partial charge >= 0.3 is 5.92 Å². The summed E-state index contributed by atoms with van der Waals surface area (Å²) < 4.78 is 35.1. The van der Waals surface area contributed by atoms with Crippen LogP contribution in [0.3, 0.4) is 0 Å². The molecule has 0 aromatic heterocycles. The van der Waals surface area contributed by atoms with Crippen LogP contribution in [0, 0.1) is 17.2 Å². The molecular weight excluding hydrogens is 442 g/mol. The van der Waals surface area contributed by atoms with Gasteiger partial charge in [0, 0.05) is 36.7 Å². The molecule has 1 heterocycles. The number of likely N-dealkylation sites (tertiary alicyclic amines) is 1. The van der Waals surface area contributed by atoms with Crippen molar-refractivity contribution in [1.82, 2.24) is 4.90 Å². The van der Waals surface area contributed by atoms with Crippen LogP contribution in [0.2, 0.25) is 0 Å². The third-order valence-corrected chi connectivity index (χ3v) is 6.08. The number of nitrogens with two attached hydrogens (primary N) is 1. The molecule has 2 fully saturated rings. The van der Waals surface area contributed by atoms with Crippen LogP contribution in [0.15, 0.2) is 42.5 Å². The van der Waals surface area contributed by atoms with Gasteiger partial charge in [-0.15, -0.1) is 0 Å². The van der Waals surface area contributed by atoms with E-state index in [9.17, 15) is 18.4 Å². The predicted octanol–water partition coefficient (Wildman–Crippen LogP) is 3.69. The lowest BCUT2D eigenvalue weighted by Gasteiger charge is -2.38. The first kappa shape index (κ1) is 23.6. The molecule has 2 aromatic rings. The van der Waals surface area contributed by atoms with Crippen LogP contribution in [0.4, 0.5) is 14.5 Å². The number of benzene rings is 2. The summed E-state index contributed by atoms with van der Waals surface area (Å²) in [6.45, 7) is -0.601. The van der Waals surface area contributed by atoms with E-state index in [1.165, 1.54) is 0 Å². The first-order valence-corrected chi connectivity index (χ1v) is 11.2. The van der Waals surface area contributed by atoms with Gasteiger partial charge < -0.3 is 20.7 Å². The zero-order valence-corrected chi connectivity index (χ0v) is 18.6. The minimum Gasteiger partial charge on any atom is -0.484 e. The van der Waals surface area contributed by atoms with Crippen molar-refractivity contribution in [1.29, 1.82) is 5.26 Å². The highest BCUT2D eigenvalue weighted by molar-refractivity contribution is 5.94. The van der Waals surface area contributed by atoms with E-state index in [1.807, 2.05) is 24.3 Å². The number of ether oxygens (including phenoxy) is 1. The quantitative estimate of drug-likeness (QED) is 0.644. The monoisotopic (exact) mass is 468 g/mol. The Kier molecular flexibility index (Phi) is 6.80. The van der Waals surface area contributed by atoms with Crippen molar-refractivity contribution in [3.8, 4) is 22.9 Å². The standard InChI is InChI=1S/C25H26F2N4O3/c26-25(27)15-31(23(32)8-10-28)11-9-22(25)34-21-7-6-18(12-19(21)14-29)17-2-1-3-20(13-17)30-24(33)16-4-5-16/h1-3,6-7,12-13,16,22H,4-5,8-9,11,14-15,29H2,(H,30,33)/t22-/m0/s1. The Morgan fingerprint density at radius 1 is 1.18 bits per heavy atom. The minimum atomic E-state index is -3.26. The van der Waals surface area contributed by atoms with E-state index < -0.39 is 30.9 Å². The second-order valence-electron chi connectivity index (χ2n) is 8.68. The smallest absolute Gasteiger partial charge is 0.301 e. The van der Waals surface area contributed by atoms with E-state index in [4.69, 9.17) is 15.7 Å². The molecule has 1 saturated carbocycles. The van der Waals surface area contributed by atoms with Crippen molar-refractivity contribution in [2.24, 2.45) is 11.7 Å². The number of amides is 2. The number of alkyl halides is 2. The van der Waals surface area contributed by atoms with Crippen molar-refractivity contribution in [2.75, 3.05) is 18.4 Å². The second-order valence-corrected chi connectivity index (χ2v) is 8.68. The molecule has 34 heavy (non-hydrogen) atoms. The molecule has 7 nitrogen and oxygen atoms in total. The molecule has 2 aliphatic rings. The maximum atomic E-state index is 14.7. The van der Waals surface area contributed by atoms with Gasteiger partial charge in [-0.05, 0) is 48.2 Å². The minimum absolute atomic E-state index is 0.0184.